The van der Waals surface area contributed by atoms with E-state index < -0.39 is 0 Å². The average Bonchev–Trinajstić information content (AvgIpc) is 2.03. The van der Waals surface area contributed by atoms with Crippen molar-refractivity contribution >= 4 is 34.2 Å². The van der Waals surface area contributed by atoms with Gasteiger partial charge in [-0.3, -0.25) is 4.79 Å². The Morgan fingerprint density at radius 3 is 2.92 bits per heavy atom. The third kappa shape index (κ3) is 3.97. The van der Waals surface area contributed by atoms with Crippen molar-refractivity contribution in [3.8, 4) is 0 Å². The lowest BCUT2D eigenvalue weighted by Crippen LogP contribution is -2.10. The highest BCUT2D eigenvalue weighted by atomic mass is 127. The smallest absolute Gasteiger partial charge is 0.238 e. The van der Waals surface area contributed by atoms with E-state index in [1.165, 1.54) is 6.92 Å². The summed E-state index contributed by atoms with van der Waals surface area (Å²) in [4.78, 5) is 10.4. The lowest BCUT2D eigenvalue weighted by molar-refractivity contribution is -0.119. The number of nitrogens with zero attached hydrogens (tertiary/aromatic N) is 2. The molecule has 0 aliphatic rings. The van der Waals surface area contributed by atoms with E-state index in [4.69, 9.17) is 0 Å². The third-order valence-corrected chi connectivity index (χ3v) is 1.85. The number of hydrogen-bond acceptors (Lipinski definition) is 3. The molecule has 1 N–H and O–H groups in total. The van der Waals surface area contributed by atoms with Gasteiger partial charge < -0.3 is 0 Å². The second kappa shape index (κ2) is 4.90. The van der Waals surface area contributed by atoms with Crippen LogP contribution < -0.4 is 5.43 Å². The molecule has 4 nitrogen and oxygen atoms in total. The van der Waals surface area contributed by atoms with Gasteiger partial charge in [-0.1, -0.05) is 11.3 Å². The molecule has 0 bridgehead atoms. The van der Waals surface area contributed by atoms with Crippen LogP contribution in [0.15, 0.2) is 34.6 Å². The maximum atomic E-state index is 10.4. The molecule has 5 heteroatoms. The van der Waals surface area contributed by atoms with Crippen molar-refractivity contribution in [3.05, 3.63) is 27.8 Å². The van der Waals surface area contributed by atoms with Crippen LogP contribution in [0.25, 0.3) is 0 Å². The highest BCUT2D eigenvalue weighted by Gasteiger charge is 1.90. The summed E-state index contributed by atoms with van der Waals surface area (Å²) in [6.07, 6.45) is 0. The van der Waals surface area contributed by atoms with Crippen LogP contribution in [0.2, 0.25) is 0 Å². The van der Waals surface area contributed by atoms with Gasteiger partial charge >= 0.3 is 0 Å². The van der Waals surface area contributed by atoms with Crippen LogP contribution in [0.1, 0.15) is 6.92 Å². The Kier molecular flexibility index (Phi) is 3.81. The molecule has 0 aliphatic carbocycles. The molecule has 0 radical (unpaired) electrons. The number of hydrogen-bond donors (Lipinski definition) is 1. The number of rotatable bonds is 2. The summed E-state index contributed by atoms with van der Waals surface area (Å²) in [6.45, 7) is 1.38. The first-order valence-electron chi connectivity index (χ1n) is 3.61. The van der Waals surface area contributed by atoms with E-state index in [1.54, 1.807) is 0 Å². The van der Waals surface area contributed by atoms with Crippen molar-refractivity contribution in [2.24, 2.45) is 10.3 Å². The molecule has 1 aromatic rings. The van der Waals surface area contributed by atoms with E-state index in [9.17, 15) is 4.79 Å². The molecule has 0 unspecified atom stereocenters. The van der Waals surface area contributed by atoms with Crippen molar-refractivity contribution in [1.82, 2.24) is 5.43 Å². The van der Waals surface area contributed by atoms with Gasteiger partial charge in [0.05, 0.1) is 5.69 Å². The zero-order valence-electron chi connectivity index (χ0n) is 6.99. The molecule has 1 aromatic carbocycles. The lowest BCUT2D eigenvalue weighted by atomic mass is 10.3. The first-order chi connectivity index (χ1) is 6.18. The largest absolute Gasteiger partial charge is 0.273 e. The molecule has 0 aliphatic heterocycles. The number of carbonyl (C=O) groups excluding carboxylic acids is 1. The van der Waals surface area contributed by atoms with Crippen LogP contribution in [0.4, 0.5) is 5.69 Å². The Bertz CT molecular complexity index is 338. The van der Waals surface area contributed by atoms with Crippen molar-refractivity contribution in [3.63, 3.8) is 0 Å². The van der Waals surface area contributed by atoms with Gasteiger partial charge in [0.2, 0.25) is 5.91 Å². The molecule has 1 rings (SSSR count). The van der Waals surface area contributed by atoms with Gasteiger partial charge in [0, 0.05) is 10.5 Å². The normalized spacial score (nSPS) is 10.3. The fourth-order valence-electron chi connectivity index (χ4n) is 0.691. The number of halogens is 1. The molecule has 68 valence electrons. The summed E-state index contributed by atoms with van der Waals surface area (Å²) in [5, 5.41) is 7.30. The fourth-order valence-corrected chi connectivity index (χ4v) is 1.22. The van der Waals surface area contributed by atoms with E-state index in [0.29, 0.717) is 0 Å². The molecular weight excluding hydrogens is 281 g/mol. The molecule has 0 heterocycles. The minimum atomic E-state index is -0.227. The maximum absolute atomic E-state index is 10.4. The second-order valence-corrected chi connectivity index (χ2v) is 3.59. The van der Waals surface area contributed by atoms with Crippen LogP contribution in [-0.2, 0) is 4.79 Å². The summed E-state index contributed by atoms with van der Waals surface area (Å²) in [6, 6.07) is 7.52. The summed E-state index contributed by atoms with van der Waals surface area (Å²) >= 11 is 2.18. The van der Waals surface area contributed by atoms with Crippen molar-refractivity contribution < 1.29 is 4.79 Å². The Labute approximate surface area is 89.6 Å². The van der Waals surface area contributed by atoms with E-state index in [2.05, 4.69) is 38.4 Å². The van der Waals surface area contributed by atoms with Crippen LogP contribution in [0.5, 0.6) is 0 Å². The van der Waals surface area contributed by atoms with E-state index in [-0.39, 0.29) is 5.91 Å². The van der Waals surface area contributed by atoms with E-state index >= 15 is 0 Å². The molecule has 0 aromatic heterocycles. The Morgan fingerprint density at radius 2 is 2.31 bits per heavy atom. The number of benzene rings is 1. The van der Waals surface area contributed by atoms with Gasteiger partial charge in [0.25, 0.3) is 0 Å². The molecule has 1 amide bonds. The maximum Gasteiger partial charge on any atom is 0.238 e. The van der Waals surface area contributed by atoms with Crippen LogP contribution in [0, 0.1) is 3.57 Å². The first-order valence-corrected chi connectivity index (χ1v) is 4.69. The van der Waals surface area contributed by atoms with Crippen LogP contribution >= 0.6 is 22.6 Å². The minimum Gasteiger partial charge on any atom is -0.273 e. The summed E-state index contributed by atoms with van der Waals surface area (Å²) in [7, 11) is 0. The monoisotopic (exact) mass is 289 g/mol. The highest BCUT2D eigenvalue weighted by molar-refractivity contribution is 14.1. The molecule has 13 heavy (non-hydrogen) atoms. The van der Waals surface area contributed by atoms with Gasteiger partial charge in [-0.25, -0.2) is 5.43 Å². The summed E-state index contributed by atoms with van der Waals surface area (Å²) < 4.78 is 1.08. The van der Waals surface area contributed by atoms with Crippen LogP contribution in [0.3, 0.4) is 0 Å². The quantitative estimate of drug-likeness (QED) is 0.507. The van der Waals surface area contributed by atoms with E-state index in [0.717, 1.165) is 9.26 Å². The zero-order valence-corrected chi connectivity index (χ0v) is 9.15. The van der Waals surface area contributed by atoms with Gasteiger partial charge in [0.15, 0.2) is 0 Å². The molecular formula is C8H8IN3O. The molecule has 0 saturated heterocycles. The first kappa shape index (κ1) is 10.1. The van der Waals surface area contributed by atoms with Crippen molar-refractivity contribution in [2.45, 2.75) is 6.92 Å². The standard InChI is InChI=1S/C8H8IN3O/c1-6(13)10-12-11-8-4-2-3-7(9)5-8/h2-5H,1H3,(H,10,11,13). The fraction of sp³-hybridized carbons (Fsp3) is 0.125. The number of carbonyl (C=O) groups is 1. The molecule has 0 spiro atoms. The predicted molar refractivity (Wildman–Crippen MR) is 57.5 cm³/mol. The molecule has 0 atom stereocenters. The minimum absolute atomic E-state index is 0.227. The van der Waals surface area contributed by atoms with E-state index in [1.807, 2.05) is 24.3 Å². The van der Waals surface area contributed by atoms with Crippen molar-refractivity contribution in [1.29, 1.82) is 0 Å². The second-order valence-electron chi connectivity index (χ2n) is 2.35. The molecule has 0 fully saturated rings. The predicted octanol–water partition coefficient (Wildman–Crippen LogP) is 2.43. The molecule has 0 saturated carbocycles. The zero-order chi connectivity index (χ0) is 9.68. The number of amides is 1. The highest BCUT2D eigenvalue weighted by Crippen LogP contribution is 2.15. The Balaban J connectivity index is 2.63. The van der Waals surface area contributed by atoms with Gasteiger partial charge in [-0.15, -0.1) is 5.11 Å². The average molecular weight is 289 g/mol. The Hall–Kier alpha value is -0.980. The van der Waals surface area contributed by atoms with Gasteiger partial charge in [-0.2, -0.15) is 0 Å². The lowest BCUT2D eigenvalue weighted by Gasteiger charge is -1.92. The SMILES string of the molecule is CC(=O)NN=Nc1cccc(I)c1. The number of nitrogens with one attached hydrogen (secondary N) is 1. The van der Waals surface area contributed by atoms with Gasteiger partial charge in [0.1, 0.15) is 0 Å². The summed E-state index contributed by atoms with van der Waals surface area (Å²) in [5.74, 6) is -0.227. The third-order valence-electron chi connectivity index (χ3n) is 1.18. The van der Waals surface area contributed by atoms with Gasteiger partial charge in [-0.05, 0) is 40.8 Å². The van der Waals surface area contributed by atoms with Crippen molar-refractivity contribution in [2.75, 3.05) is 0 Å². The summed E-state index contributed by atoms with van der Waals surface area (Å²) in [5.41, 5.74) is 2.95. The van der Waals surface area contributed by atoms with Crippen LogP contribution in [-0.4, -0.2) is 5.91 Å². The topological polar surface area (TPSA) is 53.8 Å². The Morgan fingerprint density at radius 1 is 1.54 bits per heavy atom.